The number of hydrogen-bond donors (Lipinski definition) is 2. The topological polar surface area (TPSA) is 69.4 Å². The lowest BCUT2D eigenvalue weighted by Crippen LogP contribution is -2.54. The summed E-state index contributed by atoms with van der Waals surface area (Å²) in [6.45, 7) is 6.07. The summed E-state index contributed by atoms with van der Waals surface area (Å²) in [7, 11) is 1.66. The SMILES string of the molecule is C=C[C@H]1CN2CC[C@H]1C[C@@H]2[C@@H](O)c1ccnc2ccc(OC)cc12.N#CS. The zero-order chi connectivity index (χ0) is 19.4. The molecule has 0 radical (unpaired) electrons. The van der Waals surface area contributed by atoms with E-state index in [1.807, 2.05) is 24.3 Å². The Labute approximate surface area is 165 Å². The van der Waals surface area contributed by atoms with E-state index in [0.29, 0.717) is 11.8 Å². The molecule has 6 heteroatoms. The number of nitrogens with zero attached hydrogens (tertiary/aromatic N) is 3. The van der Waals surface area contributed by atoms with Crippen LogP contribution < -0.4 is 4.74 Å². The second-order valence-corrected chi connectivity index (χ2v) is 7.27. The molecule has 3 aliphatic heterocycles. The second-order valence-electron chi connectivity index (χ2n) is 7.07. The van der Waals surface area contributed by atoms with Crippen molar-refractivity contribution in [3.63, 3.8) is 0 Å². The maximum absolute atomic E-state index is 11.2. The third kappa shape index (κ3) is 3.96. The van der Waals surface area contributed by atoms with Gasteiger partial charge in [0.2, 0.25) is 0 Å². The first-order chi connectivity index (χ1) is 13.1. The fourth-order valence-corrected chi connectivity index (χ4v) is 4.44. The van der Waals surface area contributed by atoms with E-state index in [4.69, 9.17) is 10.00 Å². The summed E-state index contributed by atoms with van der Waals surface area (Å²) in [5, 5.41) is 20.8. The summed E-state index contributed by atoms with van der Waals surface area (Å²) in [5.74, 6) is 2.01. The van der Waals surface area contributed by atoms with Crippen molar-refractivity contribution in [1.29, 1.82) is 5.26 Å². The molecule has 4 heterocycles. The van der Waals surface area contributed by atoms with Crippen molar-refractivity contribution in [1.82, 2.24) is 9.88 Å². The van der Waals surface area contributed by atoms with Crippen LogP contribution >= 0.6 is 12.6 Å². The van der Waals surface area contributed by atoms with E-state index < -0.39 is 6.10 Å². The number of aliphatic hydroxyl groups is 1. The highest BCUT2D eigenvalue weighted by molar-refractivity contribution is 7.85. The number of aromatic nitrogens is 1. The van der Waals surface area contributed by atoms with E-state index in [-0.39, 0.29) is 6.04 Å². The number of fused-ring (bicyclic) bond motifs is 4. The second kappa shape index (κ2) is 8.75. The Bertz CT molecular complexity index is 851. The van der Waals surface area contributed by atoms with Gasteiger partial charge in [0.15, 0.2) is 0 Å². The lowest BCUT2D eigenvalue weighted by molar-refractivity contribution is -0.0444. The van der Waals surface area contributed by atoms with Gasteiger partial charge in [-0.2, -0.15) is 5.26 Å². The average molecular weight is 384 g/mol. The molecule has 0 spiro atoms. The molecule has 5 rings (SSSR count). The summed E-state index contributed by atoms with van der Waals surface area (Å²) in [5.41, 5.74) is 1.85. The summed E-state index contributed by atoms with van der Waals surface area (Å²) in [6, 6.07) is 7.96. The maximum Gasteiger partial charge on any atom is 0.130 e. The molecule has 1 aromatic carbocycles. The van der Waals surface area contributed by atoms with E-state index in [0.717, 1.165) is 41.7 Å². The number of ether oxygens (including phenoxy) is 1. The highest BCUT2D eigenvalue weighted by Gasteiger charge is 2.42. The number of thiocyanates is 1. The van der Waals surface area contributed by atoms with Gasteiger partial charge in [-0.3, -0.25) is 9.88 Å². The molecule has 0 aliphatic carbocycles. The lowest BCUT2D eigenvalue weighted by Gasteiger charge is -2.50. The molecule has 142 valence electrons. The molecule has 3 aliphatic rings. The van der Waals surface area contributed by atoms with Crippen molar-refractivity contribution in [2.24, 2.45) is 11.8 Å². The number of rotatable bonds is 4. The van der Waals surface area contributed by atoms with Crippen LogP contribution in [0.2, 0.25) is 0 Å². The monoisotopic (exact) mass is 383 g/mol. The highest BCUT2D eigenvalue weighted by atomic mass is 32.1. The van der Waals surface area contributed by atoms with Crippen molar-refractivity contribution in [2.75, 3.05) is 20.2 Å². The van der Waals surface area contributed by atoms with Crippen LogP contribution in [0.1, 0.15) is 24.5 Å². The third-order valence-corrected chi connectivity index (χ3v) is 5.82. The van der Waals surface area contributed by atoms with Crippen LogP contribution in [0.25, 0.3) is 10.9 Å². The first kappa shape index (κ1) is 19.7. The van der Waals surface area contributed by atoms with Crippen molar-refractivity contribution in [2.45, 2.75) is 25.0 Å². The third-order valence-electron chi connectivity index (χ3n) is 5.82. The van der Waals surface area contributed by atoms with Crippen molar-refractivity contribution in [3.8, 4) is 11.2 Å². The summed E-state index contributed by atoms with van der Waals surface area (Å²) < 4.78 is 5.35. The van der Waals surface area contributed by atoms with Crippen molar-refractivity contribution < 1.29 is 9.84 Å². The van der Waals surface area contributed by atoms with E-state index in [9.17, 15) is 5.11 Å². The number of benzene rings is 1. The van der Waals surface area contributed by atoms with E-state index in [1.165, 1.54) is 11.8 Å². The number of aliphatic hydroxyl groups excluding tert-OH is 1. The van der Waals surface area contributed by atoms with Crippen molar-refractivity contribution in [3.05, 3.63) is 48.7 Å². The van der Waals surface area contributed by atoms with Crippen LogP contribution in [0.3, 0.4) is 0 Å². The number of piperidine rings is 3. The number of thiol groups is 1. The predicted molar refractivity (Wildman–Crippen MR) is 110 cm³/mol. The van der Waals surface area contributed by atoms with Crippen LogP contribution in [-0.2, 0) is 0 Å². The minimum Gasteiger partial charge on any atom is -0.497 e. The van der Waals surface area contributed by atoms with Crippen LogP contribution in [-0.4, -0.2) is 41.2 Å². The Morgan fingerprint density at radius 2 is 2.26 bits per heavy atom. The molecule has 2 aromatic rings. The van der Waals surface area contributed by atoms with Gasteiger partial charge in [0.25, 0.3) is 0 Å². The Balaban J connectivity index is 0.000000659. The van der Waals surface area contributed by atoms with E-state index >= 15 is 0 Å². The fourth-order valence-electron chi connectivity index (χ4n) is 4.44. The van der Waals surface area contributed by atoms with Crippen LogP contribution in [0, 0.1) is 22.5 Å². The average Bonchev–Trinajstić information content (AvgIpc) is 2.73. The van der Waals surface area contributed by atoms with Gasteiger partial charge in [0.1, 0.15) is 11.2 Å². The molecule has 2 bridgehead atoms. The molecular formula is C21H25N3O2S. The Hall–Kier alpha value is -2.07. The van der Waals surface area contributed by atoms with Gasteiger partial charge < -0.3 is 9.84 Å². The minimum absolute atomic E-state index is 0.178. The molecule has 0 amide bonds. The van der Waals surface area contributed by atoms with Gasteiger partial charge in [0.05, 0.1) is 18.7 Å². The lowest BCUT2D eigenvalue weighted by atomic mass is 9.73. The standard InChI is InChI=1S/C20H24N2O2.CHNS/c1-3-13-12-22-9-7-14(13)10-19(22)20(23)16-6-8-21-18-5-4-15(24-2)11-17(16)18;2-1-3/h3-6,8,11,13-14,19-20,23H,1,7,9-10,12H2,2H3;3H/t13-,14-,19+,20-;/m0./s1. The van der Waals surface area contributed by atoms with Crippen LogP contribution in [0.15, 0.2) is 43.1 Å². The number of nitriles is 1. The smallest absolute Gasteiger partial charge is 0.130 e. The Morgan fingerprint density at radius 3 is 2.89 bits per heavy atom. The number of pyridine rings is 1. The Morgan fingerprint density at radius 1 is 1.48 bits per heavy atom. The molecule has 0 saturated carbocycles. The largest absolute Gasteiger partial charge is 0.497 e. The van der Waals surface area contributed by atoms with E-state index in [2.05, 4.69) is 35.2 Å². The molecule has 1 aromatic heterocycles. The highest BCUT2D eigenvalue weighted by Crippen LogP contribution is 2.42. The summed E-state index contributed by atoms with van der Waals surface area (Å²) >= 11 is 3.09. The molecule has 27 heavy (non-hydrogen) atoms. The summed E-state index contributed by atoms with van der Waals surface area (Å²) in [6.07, 6.45) is 5.62. The van der Waals surface area contributed by atoms with Gasteiger partial charge in [-0.1, -0.05) is 18.7 Å². The molecule has 3 saturated heterocycles. The maximum atomic E-state index is 11.2. The normalized spacial score (nSPS) is 27.2. The molecule has 5 atom stereocenters. The first-order valence-electron chi connectivity index (χ1n) is 9.13. The molecule has 3 fully saturated rings. The van der Waals surface area contributed by atoms with Crippen molar-refractivity contribution >= 4 is 23.5 Å². The first-order valence-corrected chi connectivity index (χ1v) is 9.58. The summed E-state index contributed by atoms with van der Waals surface area (Å²) in [4.78, 5) is 6.86. The van der Waals surface area contributed by atoms with Gasteiger partial charge in [-0.15, -0.1) is 6.58 Å². The Kier molecular flexibility index (Phi) is 6.38. The molecule has 5 nitrogen and oxygen atoms in total. The fraction of sp³-hybridized carbons (Fsp3) is 0.429. The van der Waals surface area contributed by atoms with Gasteiger partial charge in [-0.25, -0.2) is 0 Å². The van der Waals surface area contributed by atoms with Crippen LogP contribution in [0.4, 0.5) is 0 Å². The number of methoxy groups -OCH3 is 1. The van der Waals surface area contributed by atoms with Gasteiger partial charge in [-0.05, 0) is 61.1 Å². The van der Waals surface area contributed by atoms with Gasteiger partial charge in [0, 0.05) is 24.2 Å². The minimum atomic E-state index is -0.504. The zero-order valence-corrected chi connectivity index (χ0v) is 16.3. The van der Waals surface area contributed by atoms with Crippen LogP contribution in [0.5, 0.6) is 5.75 Å². The zero-order valence-electron chi connectivity index (χ0n) is 15.5. The van der Waals surface area contributed by atoms with Gasteiger partial charge >= 0.3 is 0 Å². The van der Waals surface area contributed by atoms with E-state index in [1.54, 1.807) is 13.3 Å². The molecule has 1 unspecified atom stereocenters. The molecular weight excluding hydrogens is 358 g/mol. The number of hydrogen-bond acceptors (Lipinski definition) is 6. The quantitative estimate of drug-likeness (QED) is 0.480. The molecule has 1 N–H and O–H groups in total. The predicted octanol–water partition coefficient (Wildman–Crippen LogP) is 3.57.